The first-order chi connectivity index (χ1) is 11.2. The van der Waals surface area contributed by atoms with Crippen molar-refractivity contribution in [2.75, 3.05) is 13.1 Å². The number of halogens is 3. The molecule has 2 aromatic rings. The summed E-state index contributed by atoms with van der Waals surface area (Å²) in [6.45, 7) is 1.61. The first-order valence-electron chi connectivity index (χ1n) is 7.96. The molecular weight excluding hydrogens is 401 g/mol. The van der Waals surface area contributed by atoms with Crippen LogP contribution in [0.3, 0.4) is 0 Å². The van der Waals surface area contributed by atoms with Crippen molar-refractivity contribution >= 4 is 53.7 Å². The molecule has 0 spiro atoms. The van der Waals surface area contributed by atoms with E-state index in [1.807, 2.05) is 34.5 Å². The lowest BCUT2D eigenvalue weighted by atomic mass is 10.1. The van der Waals surface area contributed by atoms with Gasteiger partial charge in [0.1, 0.15) is 10.7 Å². The number of fused-ring (bicyclic) bond motifs is 2. The zero-order chi connectivity index (χ0) is 15.8. The van der Waals surface area contributed by atoms with Gasteiger partial charge in [-0.05, 0) is 31.4 Å². The quantitative estimate of drug-likeness (QED) is 0.789. The molecule has 4 nitrogen and oxygen atoms in total. The molecule has 2 atom stereocenters. The lowest BCUT2D eigenvalue weighted by molar-refractivity contribution is 0.0743. The summed E-state index contributed by atoms with van der Waals surface area (Å²) < 4.78 is 0. The van der Waals surface area contributed by atoms with Crippen LogP contribution in [0.5, 0.6) is 0 Å². The summed E-state index contributed by atoms with van der Waals surface area (Å²) in [5.41, 5.74) is 1.50. The highest BCUT2D eigenvalue weighted by molar-refractivity contribution is 7.13. The highest BCUT2D eigenvalue weighted by atomic mass is 35.5. The van der Waals surface area contributed by atoms with Gasteiger partial charge in [-0.3, -0.25) is 4.79 Å². The SMILES string of the molecule is Cl.Cl.O=C(c1csc(-c2cccc(Cl)c2)n1)N1CCC2CCC(C1)N2. The van der Waals surface area contributed by atoms with Crippen molar-refractivity contribution in [1.82, 2.24) is 15.2 Å². The van der Waals surface area contributed by atoms with E-state index in [1.165, 1.54) is 24.2 Å². The Kier molecular flexibility index (Phi) is 7.11. The second-order valence-corrected chi connectivity index (χ2v) is 7.52. The van der Waals surface area contributed by atoms with Crippen molar-refractivity contribution in [2.45, 2.75) is 31.3 Å². The number of carbonyl (C=O) groups excluding carboxylic acids is 1. The van der Waals surface area contributed by atoms with Gasteiger partial charge < -0.3 is 10.2 Å². The van der Waals surface area contributed by atoms with Crippen molar-refractivity contribution < 1.29 is 4.79 Å². The van der Waals surface area contributed by atoms with Gasteiger partial charge in [0.2, 0.25) is 0 Å². The first-order valence-corrected chi connectivity index (χ1v) is 9.21. The van der Waals surface area contributed by atoms with Crippen molar-refractivity contribution in [1.29, 1.82) is 0 Å². The number of nitrogens with one attached hydrogen (secondary N) is 1. The summed E-state index contributed by atoms with van der Waals surface area (Å²) in [7, 11) is 0. The molecule has 136 valence electrons. The average Bonchev–Trinajstić information content (AvgIpc) is 3.13. The second kappa shape index (κ2) is 8.69. The van der Waals surface area contributed by atoms with E-state index in [9.17, 15) is 4.79 Å². The van der Waals surface area contributed by atoms with Crippen LogP contribution in [-0.4, -0.2) is 41.0 Å². The van der Waals surface area contributed by atoms with Crippen LogP contribution in [-0.2, 0) is 0 Å². The smallest absolute Gasteiger partial charge is 0.273 e. The summed E-state index contributed by atoms with van der Waals surface area (Å²) in [4.78, 5) is 19.2. The standard InChI is InChI=1S/C17H18ClN3OS.2ClH/c18-12-3-1-2-11(8-12)16-20-15(10-23-16)17(22)21-7-6-13-4-5-14(9-21)19-13;;/h1-3,8,10,13-14,19H,4-7,9H2;2*1H. The highest BCUT2D eigenvalue weighted by Gasteiger charge is 2.32. The number of hydrogen-bond donors (Lipinski definition) is 1. The Bertz CT molecular complexity index is 739. The van der Waals surface area contributed by atoms with Crippen LogP contribution in [0.1, 0.15) is 29.8 Å². The summed E-state index contributed by atoms with van der Waals surface area (Å²) in [5.74, 6) is 0.0453. The molecule has 25 heavy (non-hydrogen) atoms. The summed E-state index contributed by atoms with van der Waals surface area (Å²) in [5, 5.41) is 6.98. The molecule has 2 aliphatic rings. The fourth-order valence-electron chi connectivity index (χ4n) is 3.42. The molecule has 2 bridgehead atoms. The monoisotopic (exact) mass is 419 g/mol. The van der Waals surface area contributed by atoms with Gasteiger partial charge in [0.05, 0.1) is 0 Å². The second-order valence-electron chi connectivity index (χ2n) is 6.23. The molecule has 0 saturated carbocycles. The lowest BCUT2D eigenvalue weighted by Crippen LogP contribution is -2.39. The minimum atomic E-state index is 0. The topological polar surface area (TPSA) is 45.2 Å². The largest absolute Gasteiger partial charge is 0.336 e. The van der Waals surface area contributed by atoms with Crippen LogP contribution in [0.4, 0.5) is 0 Å². The number of aromatic nitrogens is 1. The van der Waals surface area contributed by atoms with Crippen molar-refractivity contribution in [3.8, 4) is 10.6 Å². The van der Waals surface area contributed by atoms with E-state index in [4.69, 9.17) is 11.6 Å². The van der Waals surface area contributed by atoms with E-state index in [0.29, 0.717) is 22.8 Å². The van der Waals surface area contributed by atoms with Crippen LogP contribution in [0.2, 0.25) is 5.02 Å². The molecule has 2 unspecified atom stereocenters. The molecule has 2 fully saturated rings. The Morgan fingerprint density at radius 1 is 1.24 bits per heavy atom. The molecule has 2 saturated heterocycles. The molecule has 0 aliphatic carbocycles. The zero-order valence-electron chi connectivity index (χ0n) is 13.5. The third-order valence-corrected chi connectivity index (χ3v) is 5.73. The van der Waals surface area contributed by atoms with Gasteiger partial charge in [0, 0.05) is 41.1 Å². The van der Waals surface area contributed by atoms with E-state index in [-0.39, 0.29) is 30.7 Å². The minimum absolute atomic E-state index is 0. The number of thiazole rings is 1. The van der Waals surface area contributed by atoms with Crippen LogP contribution in [0, 0.1) is 0 Å². The normalized spacial score (nSPS) is 21.9. The average molecular weight is 421 g/mol. The molecule has 0 radical (unpaired) electrons. The Morgan fingerprint density at radius 3 is 2.84 bits per heavy atom. The van der Waals surface area contributed by atoms with Crippen LogP contribution in [0.25, 0.3) is 10.6 Å². The Labute approximate surface area is 168 Å². The van der Waals surface area contributed by atoms with Crippen LogP contribution >= 0.6 is 47.8 Å². The van der Waals surface area contributed by atoms with Gasteiger partial charge in [-0.25, -0.2) is 4.98 Å². The van der Waals surface area contributed by atoms with Crippen LogP contribution < -0.4 is 5.32 Å². The van der Waals surface area contributed by atoms with Crippen molar-refractivity contribution in [2.24, 2.45) is 0 Å². The van der Waals surface area contributed by atoms with E-state index in [2.05, 4.69) is 10.3 Å². The molecule has 2 aliphatic heterocycles. The maximum atomic E-state index is 12.8. The number of amides is 1. The van der Waals surface area contributed by atoms with E-state index >= 15 is 0 Å². The number of carbonyl (C=O) groups is 1. The minimum Gasteiger partial charge on any atom is -0.336 e. The lowest BCUT2D eigenvalue weighted by Gasteiger charge is -2.23. The fraction of sp³-hybridized carbons (Fsp3) is 0.412. The number of likely N-dealkylation sites (tertiary alicyclic amines) is 1. The maximum Gasteiger partial charge on any atom is 0.273 e. The molecule has 1 aromatic carbocycles. The Morgan fingerprint density at radius 2 is 2.04 bits per heavy atom. The fourth-order valence-corrected chi connectivity index (χ4v) is 4.40. The molecule has 4 rings (SSSR count). The number of nitrogens with zero attached hydrogens (tertiary/aromatic N) is 2. The van der Waals surface area contributed by atoms with E-state index in [0.717, 1.165) is 30.1 Å². The predicted molar refractivity (Wildman–Crippen MR) is 108 cm³/mol. The third-order valence-electron chi connectivity index (χ3n) is 4.61. The molecule has 1 amide bonds. The van der Waals surface area contributed by atoms with Gasteiger partial charge in [-0.1, -0.05) is 23.7 Å². The number of benzene rings is 1. The highest BCUT2D eigenvalue weighted by Crippen LogP contribution is 2.27. The van der Waals surface area contributed by atoms with Crippen LogP contribution in [0.15, 0.2) is 29.6 Å². The third kappa shape index (κ3) is 4.47. The molecule has 1 aromatic heterocycles. The predicted octanol–water partition coefficient (Wildman–Crippen LogP) is 4.27. The number of rotatable bonds is 2. The van der Waals surface area contributed by atoms with Crippen molar-refractivity contribution in [3.63, 3.8) is 0 Å². The molecule has 8 heteroatoms. The first kappa shape index (κ1) is 20.5. The van der Waals surface area contributed by atoms with Gasteiger partial charge in [-0.2, -0.15) is 0 Å². The Balaban J connectivity index is 0.00000113. The molecular formula is C17H20Cl3N3OS. The van der Waals surface area contributed by atoms with Gasteiger partial charge in [0.15, 0.2) is 0 Å². The Hall–Kier alpha value is -0.850. The van der Waals surface area contributed by atoms with Crippen molar-refractivity contribution in [3.05, 3.63) is 40.4 Å². The molecule has 3 heterocycles. The summed E-state index contributed by atoms with van der Waals surface area (Å²) in [6, 6.07) is 8.60. The number of hydrogen-bond acceptors (Lipinski definition) is 4. The van der Waals surface area contributed by atoms with Gasteiger partial charge in [0.25, 0.3) is 5.91 Å². The van der Waals surface area contributed by atoms with E-state index in [1.54, 1.807) is 0 Å². The van der Waals surface area contributed by atoms with Gasteiger partial charge in [-0.15, -0.1) is 36.2 Å². The summed E-state index contributed by atoms with van der Waals surface area (Å²) >= 11 is 7.53. The zero-order valence-corrected chi connectivity index (χ0v) is 16.7. The van der Waals surface area contributed by atoms with Gasteiger partial charge >= 0.3 is 0 Å². The molecule has 1 N–H and O–H groups in total. The summed E-state index contributed by atoms with van der Waals surface area (Å²) in [6.07, 6.45) is 3.44. The van der Waals surface area contributed by atoms with E-state index < -0.39 is 0 Å². The maximum absolute atomic E-state index is 12.8.